The molecular weight excluding hydrogens is 370 g/mol. The number of ether oxygens (including phenoxy) is 2. The van der Waals surface area contributed by atoms with Gasteiger partial charge in [0.15, 0.2) is 5.69 Å². The van der Waals surface area contributed by atoms with Crippen molar-refractivity contribution in [3.8, 4) is 17.7 Å². The Bertz CT molecular complexity index is 1080. The van der Waals surface area contributed by atoms with Crippen LogP contribution in [0.2, 0.25) is 0 Å². The molecule has 1 aromatic heterocycles. The maximum Gasteiger partial charge on any atom is 0.357 e. The number of carbonyl (C=O) groups excluding carboxylic acids is 1. The lowest BCUT2D eigenvalue weighted by molar-refractivity contribution is 0.0593. The molecule has 3 aromatic rings. The van der Waals surface area contributed by atoms with Gasteiger partial charge in [0.05, 0.1) is 18.7 Å². The fourth-order valence-corrected chi connectivity index (χ4v) is 2.72. The zero-order valence-corrected chi connectivity index (χ0v) is 16.2. The molecule has 2 aromatic carbocycles. The average Bonchev–Trinajstić information content (AvgIpc) is 2.71. The highest BCUT2D eigenvalue weighted by atomic mass is 16.5. The fraction of sp³-hybridized carbons (Fsp3) is 0.143. The molecular formula is C21H19N5O3. The number of hydrogen-bond acceptors (Lipinski definition) is 8. The first-order valence-corrected chi connectivity index (χ1v) is 8.68. The molecule has 0 aliphatic rings. The minimum Gasteiger partial charge on any atom is -0.464 e. The molecule has 1 heterocycles. The number of rotatable bonds is 5. The third-order valence-electron chi connectivity index (χ3n) is 4.06. The first kappa shape index (κ1) is 19.6. The van der Waals surface area contributed by atoms with E-state index < -0.39 is 5.97 Å². The van der Waals surface area contributed by atoms with E-state index in [1.807, 2.05) is 13.8 Å². The summed E-state index contributed by atoms with van der Waals surface area (Å²) in [4.78, 5) is 20.6. The van der Waals surface area contributed by atoms with E-state index in [9.17, 15) is 4.79 Å². The second kappa shape index (κ2) is 8.27. The van der Waals surface area contributed by atoms with Crippen LogP contribution in [0.4, 0.5) is 17.3 Å². The number of esters is 1. The smallest absolute Gasteiger partial charge is 0.357 e. The van der Waals surface area contributed by atoms with Gasteiger partial charge in [0, 0.05) is 17.4 Å². The Morgan fingerprint density at radius 2 is 1.76 bits per heavy atom. The number of aryl methyl sites for hydroxylation is 2. The van der Waals surface area contributed by atoms with E-state index in [0.29, 0.717) is 22.7 Å². The zero-order valence-electron chi connectivity index (χ0n) is 16.2. The SMILES string of the molecule is COC(=O)c1cc(Oc2c(C)cc(C#N)cc2C)nc(Nc2ccc(N)cc2)n1. The second-order valence-corrected chi connectivity index (χ2v) is 6.31. The summed E-state index contributed by atoms with van der Waals surface area (Å²) in [5.74, 6) is 0.258. The standard InChI is InChI=1S/C21H19N5O3/c1-12-8-14(11-22)9-13(2)19(12)29-18-10-17(20(27)28-3)25-21(26-18)24-16-6-4-15(23)5-7-16/h4-10H,23H2,1-3H3,(H,24,25,26). The van der Waals surface area contributed by atoms with Crippen molar-refractivity contribution in [1.82, 2.24) is 9.97 Å². The third-order valence-corrected chi connectivity index (χ3v) is 4.06. The minimum atomic E-state index is -0.620. The van der Waals surface area contributed by atoms with Crippen LogP contribution in [0, 0.1) is 25.2 Å². The number of anilines is 3. The summed E-state index contributed by atoms with van der Waals surface area (Å²) in [6, 6.07) is 13.9. The summed E-state index contributed by atoms with van der Waals surface area (Å²) in [7, 11) is 1.27. The maximum absolute atomic E-state index is 12.0. The highest BCUT2D eigenvalue weighted by molar-refractivity contribution is 5.88. The first-order chi connectivity index (χ1) is 13.9. The molecule has 3 N–H and O–H groups in total. The van der Waals surface area contributed by atoms with Crippen molar-refractivity contribution in [1.29, 1.82) is 5.26 Å². The Morgan fingerprint density at radius 1 is 1.10 bits per heavy atom. The van der Waals surface area contributed by atoms with E-state index in [1.165, 1.54) is 13.2 Å². The van der Waals surface area contributed by atoms with E-state index in [0.717, 1.165) is 11.1 Å². The molecule has 0 fully saturated rings. The number of methoxy groups -OCH3 is 1. The Hall–Kier alpha value is -4.12. The van der Waals surface area contributed by atoms with Crippen LogP contribution in [0.1, 0.15) is 27.2 Å². The quantitative estimate of drug-likeness (QED) is 0.498. The van der Waals surface area contributed by atoms with Gasteiger partial charge >= 0.3 is 5.97 Å². The normalized spacial score (nSPS) is 10.1. The lowest BCUT2D eigenvalue weighted by atomic mass is 10.1. The number of nitrogens with one attached hydrogen (secondary N) is 1. The number of nitrogens with zero attached hydrogens (tertiary/aromatic N) is 3. The number of hydrogen-bond donors (Lipinski definition) is 2. The summed E-state index contributed by atoms with van der Waals surface area (Å²) in [6.45, 7) is 3.66. The van der Waals surface area contributed by atoms with Gasteiger partial charge in [-0.25, -0.2) is 9.78 Å². The van der Waals surface area contributed by atoms with Crippen molar-refractivity contribution in [2.75, 3.05) is 18.2 Å². The molecule has 8 heteroatoms. The molecule has 0 unspecified atom stereocenters. The van der Waals surface area contributed by atoms with Crippen LogP contribution < -0.4 is 15.8 Å². The predicted molar refractivity (Wildman–Crippen MR) is 108 cm³/mol. The Kier molecular flexibility index (Phi) is 5.60. The number of carbonyl (C=O) groups is 1. The Labute approximate surface area is 167 Å². The van der Waals surface area contributed by atoms with Crippen molar-refractivity contribution in [2.24, 2.45) is 0 Å². The van der Waals surface area contributed by atoms with Gasteiger partial charge in [0.25, 0.3) is 0 Å². The number of nitrogens with two attached hydrogens (primary N) is 1. The van der Waals surface area contributed by atoms with Crippen LogP contribution in [0.25, 0.3) is 0 Å². The average molecular weight is 389 g/mol. The number of aromatic nitrogens is 2. The van der Waals surface area contributed by atoms with Gasteiger partial charge < -0.3 is 20.5 Å². The summed E-state index contributed by atoms with van der Waals surface area (Å²) in [5, 5.41) is 12.1. The number of benzene rings is 2. The zero-order chi connectivity index (χ0) is 21.0. The van der Waals surface area contributed by atoms with Crippen molar-refractivity contribution in [2.45, 2.75) is 13.8 Å². The van der Waals surface area contributed by atoms with Gasteiger partial charge in [-0.15, -0.1) is 0 Å². The summed E-state index contributed by atoms with van der Waals surface area (Å²) in [5.41, 5.74) is 9.14. The van der Waals surface area contributed by atoms with Gasteiger partial charge in [-0.2, -0.15) is 10.2 Å². The van der Waals surface area contributed by atoms with E-state index in [-0.39, 0.29) is 17.5 Å². The molecule has 0 bridgehead atoms. The largest absolute Gasteiger partial charge is 0.464 e. The topological polar surface area (TPSA) is 123 Å². The molecule has 0 aliphatic carbocycles. The van der Waals surface area contributed by atoms with Crippen molar-refractivity contribution in [3.05, 3.63) is 64.8 Å². The molecule has 0 radical (unpaired) electrons. The Balaban J connectivity index is 1.99. The monoisotopic (exact) mass is 389 g/mol. The molecule has 0 amide bonds. The summed E-state index contributed by atoms with van der Waals surface area (Å²) >= 11 is 0. The summed E-state index contributed by atoms with van der Waals surface area (Å²) < 4.78 is 10.7. The predicted octanol–water partition coefficient (Wildman–Crippen LogP) is 3.87. The van der Waals surface area contributed by atoms with Crippen LogP contribution in [0.15, 0.2) is 42.5 Å². The van der Waals surface area contributed by atoms with Crippen LogP contribution in [0.5, 0.6) is 11.6 Å². The molecule has 0 spiro atoms. The van der Waals surface area contributed by atoms with Crippen LogP contribution in [-0.4, -0.2) is 23.0 Å². The third kappa shape index (κ3) is 4.59. The highest BCUT2D eigenvalue weighted by Crippen LogP contribution is 2.30. The van der Waals surface area contributed by atoms with Crippen molar-refractivity contribution >= 4 is 23.3 Å². The minimum absolute atomic E-state index is 0.0411. The fourth-order valence-electron chi connectivity index (χ4n) is 2.72. The van der Waals surface area contributed by atoms with Crippen molar-refractivity contribution in [3.63, 3.8) is 0 Å². The number of nitrogen functional groups attached to an aromatic ring is 1. The Morgan fingerprint density at radius 3 is 2.34 bits per heavy atom. The summed E-state index contributed by atoms with van der Waals surface area (Å²) in [6.07, 6.45) is 0. The van der Waals surface area contributed by atoms with Gasteiger partial charge in [-0.05, 0) is 61.4 Å². The molecule has 0 atom stereocenters. The molecule has 3 rings (SSSR count). The van der Waals surface area contributed by atoms with E-state index in [2.05, 4.69) is 21.4 Å². The van der Waals surface area contributed by atoms with Gasteiger partial charge in [-0.3, -0.25) is 0 Å². The van der Waals surface area contributed by atoms with Crippen LogP contribution >= 0.6 is 0 Å². The lowest BCUT2D eigenvalue weighted by Crippen LogP contribution is -2.09. The van der Waals surface area contributed by atoms with Crippen LogP contribution in [-0.2, 0) is 4.74 Å². The molecule has 29 heavy (non-hydrogen) atoms. The first-order valence-electron chi connectivity index (χ1n) is 8.68. The van der Waals surface area contributed by atoms with Gasteiger partial charge in [0.2, 0.25) is 11.8 Å². The molecule has 0 saturated carbocycles. The second-order valence-electron chi connectivity index (χ2n) is 6.31. The lowest BCUT2D eigenvalue weighted by Gasteiger charge is -2.13. The van der Waals surface area contributed by atoms with E-state index in [4.69, 9.17) is 20.5 Å². The molecule has 0 saturated heterocycles. The van der Waals surface area contributed by atoms with E-state index >= 15 is 0 Å². The van der Waals surface area contributed by atoms with Crippen molar-refractivity contribution < 1.29 is 14.3 Å². The highest BCUT2D eigenvalue weighted by Gasteiger charge is 2.16. The van der Waals surface area contributed by atoms with Crippen LogP contribution in [0.3, 0.4) is 0 Å². The maximum atomic E-state index is 12.0. The molecule has 0 aliphatic heterocycles. The molecule has 146 valence electrons. The number of nitriles is 1. The van der Waals surface area contributed by atoms with Gasteiger partial charge in [0.1, 0.15) is 5.75 Å². The van der Waals surface area contributed by atoms with Gasteiger partial charge in [-0.1, -0.05) is 0 Å². The van der Waals surface area contributed by atoms with E-state index in [1.54, 1.807) is 36.4 Å². The molecule has 8 nitrogen and oxygen atoms in total.